The van der Waals surface area contributed by atoms with Crippen molar-refractivity contribution in [2.24, 2.45) is 0 Å². The van der Waals surface area contributed by atoms with E-state index in [0.717, 1.165) is 0 Å². The Morgan fingerprint density at radius 2 is 1.85 bits per heavy atom. The summed E-state index contributed by atoms with van der Waals surface area (Å²) in [5.41, 5.74) is 0.538. The minimum Gasteiger partial charge on any atom is -0.506 e. The van der Waals surface area contributed by atoms with Crippen LogP contribution in [0.5, 0.6) is 5.75 Å². The first-order chi connectivity index (χ1) is 6.00. The Labute approximate surface area is 86.1 Å². The molecule has 0 unspecified atom stereocenters. The maximum absolute atomic E-state index is 13.4. The third kappa shape index (κ3) is 1.61. The zero-order chi connectivity index (χ0) is 10.2. The van der Waals surface area contributed by atoms with Crippen LogP contribution in [0.25, 0.3) is 0 Å². The summed E-state index contributed by atoms with van der Waals surface area (Å²) in [5, 5.41) is 9.57. The number of phenols is 1. The van der Waals surface area contributed by atoms with Crippen LogP contribution in [-0.2, 0) is 6.42 Å². The number of rotatable bonds is 1. The summed E-state index contributed by atoms with van der Waals surface area (Å²) in [4.78, 5) is 0. The van der Waals surface area contributed by atoms with E-state index in [1.165, 1.54) is 0 Å². The molecule has 1 rings (SSSR count). The molecule has 0 aliphatic heterocycles. The molecule has 72 valence electrons. The standard InChI is InChI=1S/C9H9Cl2FO/c1-3-5-8(12)6(10)4(2)7(11)9(5)13/h13H,3H2,1-2H3. The highest BCUT2D eigenvalue weighted by molar-refractivity contribution is 6.37. The molecule has 1 aromatic rings. The number of benzene rings is 1. The van der Waals surface area contributed by atoms with Gasteiger partial charge in [-0.05, 0) is 18.9 Å². The maximum atomic E-state index is 13.4. The van der Waals surface area contributed by atoms with E-state index in [0.29, 0.717) is 12.0 Å². The Kier molecular flexibility index (Phi) is 3.04. The summed E-state index contributed by atoms with van der Waals surface area (Å²) in [5.74, 6) is -0.785. The van der Waals surface area contributed by atoms with Crippen molar-refractivity contribution in [1.29, 1.82) is 0 Å². The largest absolute Gasteiger partial charge is 0.506 e. The van der Waals surface area contributed by atoms with E-state index in [-0.39, 0.29) is 21.4 Å². The SMILES string of the molecule is CCc1c(O)c(Cl)c(C)c(Cl)c1F. The molecule has 0 radical (unpaired) electrons. The fourth-order valence-corrected chi connectivity index (χ4v) is 1.60. The van der Waals surface area contributed by atoms with Gasteiger partial charge < -0.3 is 5.11 Å². The van der Waals surface area contributed by atoms with E-state index in [1.807, 2.05) is 0 Å². The molecule has 0 saturated carbocycles. The van der Waals surface area contributed by atoms with Gasteiger partial charge in [0.2, 0.25) is 0 Å². The van der Waals surface area contributed by atoms with E-state index in [9.17, 15) is 9.50 Å². The van der Waals surface area contributed by atoms with Crippen LogP contribution < -0.4 is 0 Å². The van der Waals surface area contributed by atoms with E-state index in [1.54, 1.807) is 13.8 Å². The molecule has 0 aromatic heterocycles. The first kappa shape index (κ1) is 10.6. The zero-order valence-electron chi connectivity index (χ0n) is 7.29. The fraction of sp³-hybridized carbons (Fsp3) is 0.333. The minimum atomic E-state index is -0.580. The molecule has 0 amide bonds. The molecule has 0 heterocycles. The highest BCUT2D eigenvalue weighted by atomic mass is 35.5. The second-order valence-corrected chi connectivity index (χ2v) is 3.50. The Balaban J connectivity index is 3.56. The quantitative estimate of drug-likeness (QED) is 0.719. The van der Waals surface area contributed by atoms with E-state index >= 15 is 0 Å². The van der Waals surface area contributed by atoms with E-state index < -0.39 is 5.82 Å². The van der Waals surface area contributed by atoms with Crippen LogP contribution in [0.3, 0.4) is 0 Å². The summed E-state index contributed by atoms with van der Waals surface area (Å²) in [7, 11) is 0. The van der Waals surface area contributed by atoms with Crippen LogP contribution in [-0.4, -0.2) is 5.11 Å². The maximum Gasteiger partial charge on any atom is 0.149 e. The van der Waals surface area contributed by atoms with Crippen molar-refractivity contribution in [3.8, 4) is 5.75 Å². The smallest absolute Gasteiger partial charge is 0.149 e. The van der Waals surface area contributed by atoms with Gasteiger partial charge in [0.1, 0.15) is 11.6 Å². The summed E-state index contributed by atoms with van der Waals surface area (Å²) >= 11 is 11.4. The topological polar surface area (TPSA) is 20.2 Å². The molecule has 0 bridgehead atoms. The van der Waals surface area contributed by atoms with Crippen LogP contribution in [0.4, 0.5) is 4.39 Å². The third-order valence-electron chi connectivity index (χ3n) is 1.96. The molecule has 1 nitrogen and oxygen atoms in total. The van der Waals surface area contributed by atoms with Crippen LogP contribution in [0.15, 0.2) is 0 Å². The molecular formula is C9H9Cl2FO. The molecule has 0 saturated heterocycles. The highest BCUT2D eigenvalue weighted by Gasteiger charge is 2.18. The lowest BCUT2D eigenvalue weighted by Crippen LogP contribution is -1.94. The lowest BCUT2D eigenvalue weighted by Gasteiger charge is -2.10. The van der Waals surface area contributed by atoms with Crippen molar-refractivity contribution >= 4 is 23.2 Å². The van der Waals surface area contributed by atoms with Gasteiger partial charge in [-0.3, -0.25) is 0 Å². The Morgan fingerprint density at radius 3 is 2.31 bits per heavy atom. The Hall–Kier alpha value is -0.470. The zero-order valence-corrected chi connectivity index (χ0v) is 8.80. The van der Waals surface area contributed by atoms with Gasteiger partial charge in [-0.1, -0.05) is 30.1 Å². The predicted octanol–water partition coefficient (Wildman–Crippen LogP) is 3.71. The van der Waals surface area contributed by atoms with Crippen molar-refractivity contribution in [3.05, 3.63) is 27.0 Å². The third-order valence-corrected chi connectivity index (χ3v) is 2.88. The number of halogens is 3. The molecule has 0 aliphatic carbocycles. The van der Waals surface area contributed by atoms with Gasteiger partial charge in [0.05, 0.1) is 10.0 Å². The number of hydrogen-bond donors (Lipinski definition) is 1. The van der Waals surface area contributed by atoms with Crippen molar-refractivity contribution in [2.45, 2.75) is 20.3 Å². The van der Waals surface area contributed by atoms with Crippen LogP contribution in [0, 0.1) is 12.7 Å². The fourth-order valence-electron chi connectivity index (χ4n) is 1.13. The van der Waals surface area contributed by atoms with Gasteiger partial charge in [-0.15, -0.1) is 0 Å². The molecular weight excluding hydrogens is 214 g/mol. The summed E-state index contributed by atoms with van der Waals surface area (Å²) in [6, 6.07) is 0. The summed E-state index contributed by atoms with van der Waals surface area (Å²) < 4.78 is 13.4. The number of aromatic hydroxyl groups is 1. The van der Waals surface area contributed by atoms with Crippen molar-refractivity contribution in [2.75, 3.05) is 0 Å². The van der Waals surface area contributed by atoms with E-state index in [4.69, 9.17) is 23.2 Å². The molecule has 4 heteroatoms. The molecule has 13 heavy (non-hydrogen) atoms. The van der Waals surface area contributed by atoms with Gasteiger partial charge in [0.25, 0.3) is 0 Å². The summed E-state index contributed by atoms with van der Waals surface area (Å²) in [6.07, 6.45) is 0.359. The normalized spacial score (nSPS) is 10.5. The van der Waals surface area contributed by atoms with Crippen molar-refractivity contribution in [1.82, 2.24) is 0 Å². The molecule has 0 spiro atoms. The van der Waals surface area contributed by atoms with Crippen LogP contribution in [0.2, 0.25) is 10.0 Å². The van der Waals surface area contributed by atoms with E-state index in [2.05, 4.69) is 0 Å². The average molecular weight is 223 g/mol. The second-order valence-electron chi connectivity index (χ2n) is 2.75. The monoisotopic (exact) mass is 222 g/mol. The van der Waals surface area contributed by atoms with Crippen molar-refractivity contribution in [3.63, 3.8) is 0 Å². The predicted molar refractivity (Wildman–Crippen MR) is 52.2 cm³/mol. The Morgan fingerprint density at radius 1 is 1.31 bits per heavy atom. The average Bonchev–Trinajstić information content (AvgIpc) is 2.13. The first-order valence-corrected chi connectivity index (χ1v) is 4.61. The molecule has 1 N–H and O–H groups in total. The molecule has 1 aromatic carbocycles. The lowest BCUT2D eigenvalue weighted by molar-refractivity contribution is 0.459. The second kappa shape index (κ2) is 3.72. The first-order valence-electron chi connectivity index (χ1n) is 3.85. The molecule has 0 aliphatic rings. The van der Waals surface area contributed by atoms with Gasteiger partial charge in [-0.25, -0.2) is 4.39 Å². The van der Waals surface area contributed by atoms with Crippen molar-refractivity contribution < 1.29 is 9.50 Å². The molecule has 0 fully saturated rings. The van der Waals surface area contributed by atoms with Crippen LogP contribution in [0.1, 0.15) is 18.1 Å². The number of hydrogen-bond acceptors (Lipinski definition) is 1. The van der Waals surface area contributed by atoms with Gasteiger partial charge in [0.15, 0.2) is 0 Å². The minimum absolute atomic E-state index is 0.0142. The van der Waals surface area contributed by atoms with Crippen LogP contribution >= 0.6 is 23.2 Å². The Bertz CT molecular complexity index is 321. The summed E-state index contributed by atoms with van der Waals surface area (Å²) in [6.45, 7) is 3.28. The lowest BCUT2D eigenvalue weighted by atomic mass is 10.1. The highest BCUT2D eigenvalue weighted by Crippen LogP contribution is 2.38. The van der Waals surface area contributed by atoms with Gasteiger partial charge in [-0.2, -0.15) is 0 Å². The molecule has 0 atom stereocenters. The van der Waals surface area contributed by atoms with Gasteiger partial charge >= 0.3 is 0 Å². The number of phenolic OH excluding ortho intramolecular Hbond substituents is 1. The van der Waals surface area contributed by atoms with Gasteiger partial charge in [0, 0.05) is 5.56 Å².